The Kier molecular flexibility index (Phi) is 4.04. The Morgan fingerprint density at radius 1 is 1.26 bits per heavy atom. The molecule has 0 amide bonds. The van der Waals surface area contributed by atoms with Crippen molar-refractivity contribution in [2.24, 2.45) is 11.8 Å². The van der Waals surface area contributed by atoms with Gasteiger partial charge in [0.05, 0.1) is 6.10 Å². The van der Waals surface area contributed by atoms with Crippen LogP contribution in [0.4, 0.5) is 0 Å². The van der Waals surface area contributed by atoms with E-state index in [2.05, 4.69) is 5.32 Å². The van der Waals surface area contributed by atoms with Crippen LogP contribution in [0.1, 0.15) is 37.4 Å². The molecule has 4 atom stereocenters. The summed E-state index contributed by atoms with van der Waals surface area (Å²) in [5.41, 5.74) is 0.713. The second kappa shape index (κ2) is 5.61. The van der Waals surface area contributed by atoms with Gasteiger partial charge < -0.3 is 10.4 Å². The van der Waals surface area contributed by atoms with Crippen molar-refractivity contribution in [1.82, 2.24) is 5.32 Å². The van der Waals surface area contributed by atoms with E-state index in [4.69, 9.17) is 23.2 Å². The largest absolute Gasteiger partial charge is 0.387 e. The van der Waals surface area contributed by atoms with Gasteiger partial charge in [-0.15, -0.1) is 0 Å². The molecule has 2 aliphatic rings. The summed E-state index contributed by atoms with van der Waals surface area (Å²) < 4.78 is 0. The Balaban J connectivity index is 1.59. The molecule has 2 bridgehead atoms. The van der Waals surface area contributed by atoms with Gasteiger partial charge in [-0.2, -0.15) is 0 Å². The van der Waals surface area contributed by atoms with Crippen LogP contribution in [0.15, 0.2) is 18.2 Å². The molecule has 2 N–H and O–H groups in total. The molecule has 0 heterocycles. The zero-order valence-corrected chi connectivity index (χ0v) is 12.3. The lowest BCUT2D eigenvalue weighted by Gasteiger charge is -2.24. The monoisotopic (exact) mass is 299 g/mol. The number of aliphatic hydroxyl groups excluding tert-OH is 1. The maximum atomic E-state index is 10.3. The summed E-state index contributed by atoms with van der Waals surface area (Å²) in [5, 5.41) is 14.9. The van der Waals surface area contributed by atoms with Crippen molar-refractivity contribution in [3.8, 4) is 0 Å². The van der Waals surface area contributed by atoms with E-state index >= 15 is 0 Å². The summed E-state index contributed by atoms with van der Waals surface area (Å²) in [7, 11) is 0. The summed E-state index contributed by atoms with van der Waals surface area (Å²) in [6.07, 6.45) is 4.78. The molecule has 2 aliphatic carbocycles. The molecule has 0 aromatic heterocycles. The Morgan fingerprint density at radius 3 is 2.79 bits per heavy atom. The van der Waals surface area contributed by atoms with Gasteiger partial charge in [-0.3, -0.25) is 0 Å². The minimum Gasteiger partial charge on any atom is -0.387 e. The quantitative estimate of drug-likeness (QED) is 0.886. The Labute approximate surface area is 124 Å². The first-order chi connectivity index (χ1) is 9.13. The molecule has 0 saturated heterocycles. The first kappa shape index (κ1) is 13.7. The van der Waals surface area contributed by atoms with Crippen LogP contribution in [0, 0.1) is 11.8 Å². The van der Waals surface area contributed by atoms with E-state index in [0.29, 0.717) is 28.2 Å². The fourth-order valence-corrected chi connectivity index (χ4v) is 4.06. The molecular weight excluding hydrogens is 281 g/mol. The molecule has 0 spiro atoms. The van der Waals surface area contributed by atoms with Gasteiger partial charge in [0.1, 0.15) is 0 Å². The van der Waals surface area contributed by atoms with Crippen LogP contribution >= 0.6 is 23.2 Å². The lowest BCUT2D eigenvalue weighted by molar-refractivity contribution is 0.164. The minimum atomic E-state index is -0.592. The third-order valence-corrected chi connectivity index (χ3v) is 5.21. The summed E-state index contributed by atoms with van der Waals surface area (Å²) >= 11 is 12.1. The Bertz CT molecular complexity index is 465. The zero-order valence-electron chi connectivity index (χ0n) is 10.8. The number of halogens is 2. The van der Waals surface area contributed by atoms with E-state index in [1.165, 1.54) is 25.7 Å². The molecule has 2 fully saturated rings. The van der Waals surface area contributed by atoms with Gasteiger partial charge in [0, 0.05) is 28.2 Å². The average molecular weight is 300 g/mol. The standard InChI is InChI=1S/C15H19Cl2NO/c16-11-3-4-13(17)12(7-11)15(19)8-18-14-6-9-1-2-10(14)5-9/h3-4,7,9-10,14-15,18-19H,1-2,5-6,8H2. The van der Waals surface area contributed by atoms with Gasteiger partial charge in [0.25, 0.3) is 0 Å². The van der Waals surface area contributed by atoms with Crippen molar-refractivity contribution in [3.63, 3.8) is 0 Å². The van der Waals surface area contributed by atoms with Crippen molar-refractivity contribution in [2.45, 2.75) is 37.8 Å². The maximum Gasteiger partial charge on any atom is 0.0929 e. The van der Waals surface area contributed by atoms with Crippen LogP contribution in [0.2, 0.25) is 10.0 Å². The molecule has 4 heteroatoms. The number of fused-ring (bicyclic) bond motifs is 2. The second-order valence-corrected chi connectivity index (χ2v) is 6.71. The molecule has 104 valence electrons. The van der Waals surface area contributed by atoms with Crippen molar-refractivity contribution in [3.05, 3.63) is 33.8 Å². The van der Waals surface area contributed by atoms with Gasteiger partial charge in [-0.05, 0) is 49.3 Å². The van der Waals surface area contributed by atoms with Gasteiger partial charge in [0.2, 0.25) is 0 Å². The smallest absolute Gasteiger partial charge is 0.0929 e. The Morgan fingerprint density at radius 2 is 2.11 bits per heavy atom. The van der Waals surface area contributed by atoms with Crippen LogP contribution in [-0.4, -0.2) is 17.7 Å². The first-order valence-electron chi connectivity index (χ1n) is 7.00. The van der Waals surface area contributed by atoms with E-state index < -0.39 is 6.10 Å². The topological polar surface area (TPSA) is 32.3 Å². The third kappa shape index (κ3) is 2.92. The van der Waals surface area contributed by atoms with Gasteiger partial charge in [-0.25, -0.2) is 0 Å². The van der Waals surface area contributed by atoms with E-state index in [-0.39, 0.29) is 0 Å². The fraction of sp³-hybridized carbons (Fsp3) is 0.600. The van der Waals surface area contributed by atoms with E-state index in [9.17, 15) is 5.11 Å². The highest BCUT2D eigenvalue weighted by Gasteiger charge is 2.39. The second-order valence-electron chi connectivity index (χ2n) is 5.87. The SMILES string of the molecule is OC(CNC1CC2CCC1C2)c1cc(Cl)ccc1Cl. The molecule has 0 radical (unpaired) electrons. The molecule has 19 heavy (non-hydrogen) atoms. The summed E-state index contributed by atoms with van der Waals surface area (Å²) in [4.78, 5) is 0. The molecular formula is C15H19Cl2NO. The van der Waals surface area contributed by atoms with Crippen LogP contribution in [0.25, 0.3) is 0 Å². The number of hydrogen-bond acceptors (Lipinski definition) is 2. The molecule has 2 saturated carbocycles. The molecule has 4 unspecified atom stereocenters. The lowest BCUT2D eigenvalue weighted by atomic mass is 9.95. The summed E-state index contributed by atoms with van der Waals surface area (Å²) in [6, 6.07) is 5.80. The first-order valence-corrected chi connectivity index (χ1v) is 7.75. The highest BCUT2D eigenvalue weighted by Crippen LogP contribution is 2.44. The zero-order chi connectivity index (χ0) is 13.4. The normalized spacial score (nSPS) is 30.8. The van der Waals surface area contributed by atoms with Gasteiger partial charge >= 0.3 is 0 Å². The lowest BCUT2D eigenvalue weighted by Crippen LogP contribution is -2.36. The molecule has 3 rings (SSSR count). The number of benzene rings is 1. The van der Waals surface area contributed by atoms with Gasteiger partial charge in [0.15, 0.2) is 0 Å². The molecule has 1 aromatic rings. The minimum absolute atomic E-state index is 0.550. The molecule has 0 aliphatic heterocycles. The highest BCUT2D eigenvalue weighted by atomic mass is 35.5. The highest BCUT2D eigenvalue weighted by molar-refractivity contribution is 6.33. The van der Waals surface area contributed by atoms with Crippen LogP contribution < -0.4 is 5.32 Å². The van der Waals surface area contributed by atoms with Gasteiger partial charge in [-0.1, -0.05) is 29.6 Å². The van der Waals surface area contributed by atoms with Crippen LogP contribution in [-0.2, 0) is 0 Å². The fourth-order valence-electron chi connectivity index (χ4n) is 3.64. The maximum absolute atomic E-state index is 10.3. The molecule has 2 nitrogen and oxygen atoms in total. The number of aliphatic hydroxyl groups is 1. The van der Waals surface area contributed by atoms with E-state index in [1.807, 2.05) is 0 Å². The van der Waals surface area contributed by atoms with Crippen LogP contribution in [0.5, 0.6) is 0 Å². The number of hydrogen-bond donors (Lipinski definition) is 2. The predicted octanol–water partition coefficient (Wildman–Crippen LogP) is 3.81. The average Bonchev–Trinajstić information content (AvgIpc) is 3.01. The summed E-state index contributed by atoms with van der Waals surface area (Å²) in [6.45, 7) is 0.550. The summed E-state index contributed by atoms with van der Waals surface area (Å²) in [5.74, 6) is 1.72. The predicted molar refractivity (Wildman–Crippen MR) is 78.7 cm³/mol. The van der Waals surface area contributed by atoms with Crippen molar-refractivity contribution in [2.75, 3.05) is 6.54 Å². The van der Waals surface area contributed by atoms with Crippen molar-refractivity contribution in [1.29, 1.82) is 0 Å². The Hall–Kier alpha value is -0.280. The third-order valence-electron chi connectivity index (χ3n) is 4.63. The van der Waals surface area contributed by atoms with E-state index in [0.717, 1.165) is 11.8 Å². The number of nitrogens with one attached hydrogen (secondary N) is 1. The van der Waals surface area contributed by atoms with Crippen molar-refractivity contribution < 1.29 is 5.11 Å². The van der Waals surface area contributed by atoms with Crippen molar-refractivity contribution >= 4 is 23.2 Å². The van der Waals surface area contributed by atoms with Crippen LogP contribution in [0.3, 0.4) is 0 Å². The van der Waals surface area contributed by atoms with E-state index in [1.54, 1.807) is 18.2 Å². The number of rotatable bonds is 4. The molecule has 1 aromatic carbocycles.